The third kappa shape index (κ3) is 12.5. The van der Waals surface area contributed by atoms with E-state index in [9.17, 15) is 4.79 Å². The fourth-order valence-corrected chi connectivity index (χ4v) is 4.95. The summed E-state index contributed by atoms with van der Waals surface area (Å²) in [6, 6.07) is 10.2. The molecule has 3 nitrogen and oxygen atoms in total. The van der Waals surface area contributed by atoms with Gasteiger partial charge in [-0.1, -0.05) is 62.1 Å². The van der Waals surface area contributed by atoms with Gasteiger partial charge in [0.05, 0.1) is 13.0 Å². The van der Waals surface area contributed by atoms with E-state index in [4.69, 9.17) is 9.47 Å². The molecule has 3 heteroatoms. The molecule has 35 heavy (non-hydrogen) atoms. The summed E-state index contributed by atoms with van der Waals surface area (Å²) in [5, 5.41) is 0. The van der Waals surface area contributed by atoms with Crippen LogP contribution in [0.1, 0.15) is 98.5 Å². The highest BCUT2D eigenvalue weighted by atomic mass is 16.6. The third-order valence-electron chi connectivity index (χ3n) is 6.61. The van der Waals surface area contributed by atoms with Gasteiger partial charge < -0.3 is 9.47 Å². The average Bonchev–Trinajstić information content (AvgIpc) is 2.79. The Bertz CT molecular complexity index is 827. The molecule has 0 aliphatic heterocycles. The summed E-state index contributed by atoms with van der Waals surface area (Å²) in [7, 11) is 0. The van der Waals surface area contributed by atoms with E-state index in [1.54, 1.807) is 0 Å². The highest BCUT2D eigenvalue weighted by Crippen LogP contribution is 2.32. The minimum atomic E-state index is -0.475. The number of carbonyl (C=O) groups is 1. The second kappa shape index (κ2) is 15.1. The highest BCUT2D eigenvalue weighted by molar-refractivity contribution is 5.71. The molecule has 1 aromatic rings. The fraction of sp³-hybridized carbons (Fsp3) is 0.656. The van der Waals surface area contributed by atoms with Gasteiger partial charge in [-0.25, -0.2) is 0 Å². The number of rotatable bonds is 11. The molecule has 0 saturated heterocycles. The summed E-state index contributed by atoms with van der Waals surface area (Å²) >= 11 is 0. The van der Waals surface area contributed by atoms with Crippen LogP contribution in [0.4, 0.5) is 0 Å². The monoisotopic (exact) mass is 480 g/mol. The van der Waals surface area contributed by atoms with E-state index in [0.29, 0.717) is 25.6 Å². The van der Waals surface area contributed by atoms with Crippen molar-refractivity contribution in [3.8, 4) is 11.8 Å². The molecule has 0 aromatic heterocycles. The van der Waals surface area contributed by atoms with Crippen LogP contribution < -0.4 is 0 Å². The molecule has 0 bridgehead atoms. The first kappa shape index (κ1) is 29.2. The molecular formula is C32H48O3. The lowest BCUT2D eigenvalue weighted by atomic mass is 9.78. The van der Waals surface area contributed by atoms with Crippen molar-refractivity contribution in [2.24, 2.45) is 23.7 Å². The van der Waals surface area contributed by atoms with Crippen LogP contribution in [0, 0.1) is 35.5 Å². The van der Waals surface area contributed by atoms with E-state index >= 15 is 0 Å². The summed E-state index contributed by atoms with van der Waals surface area (Å²) in [5.41, 5.74) is 1.78. The van der Waals surface area contributed by atoms with Crippen molar-refractivity contribution < 1.29 is 14.3 Å². The third-order valence-corrected chi connectivity index (χ3v) is 6.61. The molecule has 0 spiro atoms. The molecule has 194 valence electrons. The number of esters is 1. The zero-order chi connectivity index (χ0) is 25.7. The molecule has 0 radical (unpaired) electrons. The Balaban J connectivity index is 1.94. The Labute approximate surface area is 215 Å². The molecule has 1 aliphatic rings. The van der Waals surface area contributed by atoms with Gasteiger partial charge in [0.15, 0.2) is 0 Å². The number of ether oxygens (including phenoxy) is 2. The molecule has 1 aromatic carbocycles. The number of hydrogen-bond acceptors (Lipinski definition) is 3. The largest absolute Gasteiger partial charge is 0.460 e. The van der Waals surface area contributed by atoms with Crippen LogP contribution in [0.5, 0.6) is 0 Å². The minimum Gasteiger partial charge on any atom is -0.460 e. The Hall–Kier alpha value is -2.05. The van der Waals surface area contributed by atoms with Crippen LogP contribution in [0.2, 0.25) is 0 Å². The van der Waals surface area contributed by atoms with Crippen molar-refractivity contribution in [1.82, 2.24) is 0 Å². The van der Waals surface area contributed by atoms with Gasteiger partial charge in [-0.2, -0.15) is 0 Å². The average molecular weight is 481 g/mol. The van der Waals surface area contributed by atoms with Crippen molar-refractivity contribution in [2.75, 3.05) is 6.61 Å². The first-order valence-corrected chi connectivity index (χ1v) is 13.7. The van der Waals surface area contributed by atoms with Crippen LogP contribution in [-0.4, -0.2) is 18.2 Å². The SMILES string of the molecule is CC=C(C#CC1CCC(CC(C)C)CC1)C(CCCOCc1ccccc1)CC(=O)OC(C)(C)C. The van der Waals surface area contributed by atoms with E-state index in [1.807, 2.05) is 45.9 Å². The summed E-state index contributed by atoms with van der Waals surface area (Å²) in [5.74, 6) is 9.10. The maximum Gasteiger partial charge on any atom is 0.306 e. The molecule has 0 heterocycles. The summed E-state index contributed by atoms with van der Waals surface area (Å²) < 4.78 is 11.5. The highest BCUT2D eigenvalue weighted by Gasteiger charge is 2.23. The van der Waals surface area contributed by atoms with Crippen molar-refractivity contribution in [1.29, 1.82) is 0 Å². The Morgan fingerprint density at radius 1 is 1.11 bits per heavy atom. The van der Waals surface area contributed by atoms with Crippen molar-refractivity contribution in [3.05, 3.63) is 47.5 Å². The Morgan fingerprint density at radius 2 is 1.80 bits per heavy atom. The Kier molecular flexibility index (Phi) is 12.6. The molecule has 1 saturated carbocycles. The fourth-order valence-electron chi connectivity index (χ4n) is 4.95. The first-order chi connectivity index (χ1) is 16.7. The molecule has 1 unspecified atom stereocenters. The lowest BCUT2D eigenvalue weighted by molar-refractivity contribution is -0.155. The molecule has 1 aliphatic carbocycles. The molecule has 0 N–H and O–H groups in total. The van der Waals surface area contributed by atoms with E-state index < -0.39 is 5.60 Å². The van der Waals surface area contributed by atoms with E-state index in [2.05, 4.69) is 43.9 Å². The van der Waals surface area contributed by atoms with Crippen LogP contribution in [0.15, 0.2) is 42.0 Å². The van der Waals surface area contributed by atoms with E-state index in [-0.39, 0.29) is 11.9 Å². The number of benzene rings is 1. The topological polar surface area (TPSA) is 35.5 Å². The summed E-state index contributed by atoms with van der Waals surface area (Å²) in [6.07, 6.45) is 10.5. The quantitative estimate of drug-likeness (QED) is 0.182. The van der Waals surface area contributed by atoms with Gasteiger partial charge in [0, 0.05) is 24.0 Å². The zero-order valence-corrected chi connectivity index (χ0v) is 23.1. The van der Waals surface area contributed by atoms with Gasteiger partial charge >= 0.3 is 5.97 Å². The standard InChI is InChI=1S/C32H48O3/c1-7-29(20-19-26-15-17-27(18-16-26)22-25(2)3)30(23-31(33)35-32(4,5)6)14-11-21-34-24-28-12-9-8-10-13-28/h7-10,12-13,25-27,30H,11,14-18,21-24H2,1-6H3. The number of hydrogen-bond donors (Lipinski definition) is 0. The van der Waals surface area contributed by atoms with Gasteiger partial charge in [0.25, 0.3) is 0 Å². The molecule has 1 fully saturated rings. The maximum atomic E-state index is 12.7. The lowest BCUT2D eigenvalue weighted by Crippen LogP contribution is -2.25. The van der Waals surface area contributed by atoms with Crippen molar-refractivity contribution in [2.45, 2.75) is 105 Å². The van der Waals surface area contributed by atoms with Crippen LogP contribution >= 0.6 is 0 Å². The van der Waals surface area contributed by atoms with Gasteiger partial charge in [-0.3, -0.25) is 4.79 Å². The molecule has 1 atom stereocenters. The predicted octanol–water partition coefficient (Wildman–Crippen LogP) is 8.13. The van der Waals surface area contributed by atoms with Gasteiger partial charge in [0.2, 0.25) is 0 Å². The molecular weight excluding hydrogens is 432 g/mol. The van der Waals surface area contributed by atoms with E-state index in [1.165, 1.54) is 37.7 Å². The predicted molar refractivity (Wildman–Crippen MR) is 146 cm³/mol. The van der Waals surface area contributed by atoms with Crippen molar-refractivity contribution in [3.63, 3.8) is 0 Å². The first-order valence-electron chi connectivity index (χ1n) is 13.7. The normalized spacial score (nSPS) is 19.7. The van der Waals surface area contributed by atoms with Gasteiger partial charge in [0.1, 0.15) is 5.60 Å². The van der Waals surface area contributed by atoms with E-state index in [0.717, 1.165) is 30.3 Å². The number of carbonyl (C=O) groups excluding carboxylic acids is 1. The summed E-state index contributed by atoms with van der Waals surface area (Å²) in [6.45, 7) is 13.7. The second-order valence-corrected chi connectivity index (χ2v) is 11.5. The van der Waals surface area contributed by atoms with Crippen LogP contribution in [0.3, 0.4) is 0 Å². The van der Waals surface area contributed by atoms with Gasteiger partial charge in [-0.05, 0) is 90.0 Å². The molecule has 0 amide bonds. The van der Waals surface area contributed by atoms with Crippen LogP contribution in [0.25, 0.3) is 0 Å². The second-order valence-electron chi connectivity index (χ2n) is 11.5. The minimum absolute atomic E-state index is 0.0694. The van der Waals surface area contributed by atoms with Crippen LogP contribution in [-0.2, 0) is 20.9 Å². The van der Waals surface area contributed by atoms with Gasteiger partial charge in [-0.15, -0.1) is 0 Å². The zero-order valence-electron chi connectivity index (χ0n) is 23.1. The summed E-state index contributed by atoms with van der Waals surface area (Å²) in [4.78, 5) is 12.7. The smallest absolute Gasteiger partial charge is 0.306 e. The molecule has 2 rings (SSSR count). The van der Waals surface area contributed by atoms with Crippen molar-refractivity contribution >= 4 is 5.97 Å². The Morgan fingerprint density at radius 3 is 2.40 bits per heavy atom. The lowest BCUT2D eigenvalue weighted by Gasteiger charge is -2.27. The maximum absolute atomic E-state index is 12.7. The number of allylic oxidation sites excluding steroid dienone is 2.